The highest BCUT2D eigenvalue weighted by Crippen LogP contribution is 2.22. The number of carbonyl (C=O) groups is 1. The van der Waals surface area contributed by atoms with E-state index in [1.807, 2.05) is 13.8 Å². The van der Waals surface area contributed by atoms with E-state index in [0.29, 0.717) is 18.0 Å². The Kier molecular flexibility index (Phi) is 5.09. The summed E-state index contributed by atoms with van der Waals surface area (Å²) in [7, 11) is 1.28. The summed E-state index contributed by atoms with van der Waals surface area (Å²) in [4.78, 5) is 11.7. The fourth-order valence-corrected chi connectivity index (χ4v) is 1.51. The molecule has 1 aromatic rings. The van der Waals surface area contributed by atoms with Gasteiger partial charge in [0.2, 0.25) is 0 Å². The van der Waals surface area contributed by atoms with E-state index in [4.69, 9.17) is 5.11 Å². The molecule has 100 valence electrons. The van der Waals surface area contributed by atoms with Crippen molar-refractivity contribution in [3.05, 3.63) is 29.6 Å². The Morgan fingerprint density at radius 2 is 2.17 bits per heavy atom. The molecule has 1 aromatic carbocycles. The first-order valence-corrected chi connectivity index (χ1v) is 5.75. The maximum Gasteiger partial charge on any atom is 0.327 e. The second kappa shape index (κ2) is 6.35. The summed E-state index contributed by atoms with van der Waals surface area (Å²) in [6.07, 6.45) is 0. The van der Waals surface area contributed by atoms with E-state index in [0.717, 1.165) is 6.07 Å². The van der Waals surface area contributed by atoms with Crippen molar-refractivity contribution >= 4 is 5.97 Å². The maximum absolute atomic E-state index is 13.3. The number of nitrogens with one attached hydrogen (secondary N) is 1. The van der Waals surface area contributed by atoms with Gasteiger partial charge in [-0.2, -0.15) is 0 Å². The van der Waals surface area contributed by atoms with Crippen molar-refractivity contribution in [2.24, 2.45) is 5.92 Å². The fraction of sp³-hybridized carbons (Fsp3) is 0.462. The summed E-state index contributed by atoms with van der Waals surface area (Å²) in [5.74, 6) is -1.33. The molecule has 1 unspecified atom stereocenters. The highest BCUT2D eigenvalue weighted by Gasteiger charge is 2.22. The van der Waals surface area contributed by atoms with Gasteiger partial charge in [-0.05, 0) is 30.2 Å². The van der Waals surface area contributed by atoms with E-state index < -0.39 is 23.6 Å². The minimum Gasteiger partial charge on any atom is -0.505 e. The molecule has 0 saturated carbocycles. The Morgan fingerprint density at radius 1 is 1.50 bits per heavy atom. The third-order valence-corrected chi connectivity index (χ3v) is 2.47. The maximum atomic E-state index is 13.3. The molecule has 0 spiro atoms. The quantitative estimate of drug-likeness (QED) is 0.790. The standard InChI is InChI=1S/C13H18FNO3/c1-8(2)7-15-12(13(17)18-3)9-4-5-11(16)10(14)6-9/h4-6,8,12,15-16H,7H2,1-3H3. The molecule has 0 aliphatic heterocycles. The molecule has 5 heteroatoms. The lowest BCUT2D eigenvalue weighted by atomic mass is 10.1. The molecule has 1 rings (SSSR count). The number of hydrogen-bond donors (Lipinski definition) is 2. The third kappa shape index (κ3) is 3.70. The van der Waals surface area contributed by atoms with Gasteiger partial charge in [0.1, 0.15) is 6.04 Å². The van der Waals surface area contributed by atoms with Crippen LogP contribution in [0.1, 0.15) is 25.5 Å². The molecule has 0 bridgehead atoms. The minimum atomic E-state index is -0.757. The molecule has 0 heterocycles. The van der Waals surface area contributed by atoms with E-state index in [2.05, 4.69) is 10.1 Å². The smallest absolute Gasteiger partial charge is 0.327 e. The number of esters is 1. The Balaban J connectivity index is 2.94. The van der Waals surface area contributed by atoms with Crippen molar-refractivity contribution in [2.45, 2.75) is 19.9 Å². The van der Waals surface area contributed by atoms with E-state index >= 15 is 0 Å². The monoisotopic (exact) mass is 255 g/mol. The molecule has 0 aliphatic rings. The molecule has 18 heavy (non-hydrogen) atoms. The van der Waals surface area contributed by atoms with Gasteiger partial charge in [-0.15, -0.1) is 0 Å². The molecule has 0 saturated heterocycles. The second-order valence-electron chi connectivity index (χ2n) is 4.47. The first kappa shape index (κ1) is 14.4. The number of benzene rings is 1. The largest absolute Gasteiger partial charge is 0.505 e. The molecule has 0 aliphatic carbocycles. The van der Waals surface area contributed by atoms with Crippen molar-refractivity contribution in [3.8, 4) is 5.75 Å². The zero-order valence-electron chi connectivity index (χ0n) is 10.7. The van der Waals surface area contributed by atoms with E-state index in [1.165, 1.54) is 19.2 Å². The van der Waals surface area contributed by atoms with Gasteiger partial charge < -0.3 is 15.2 Å². The van der Waals surface area contributed by atoms with Gasteiger partial charge in [0.15, 0.2) is 11.6 Å². The van der Waals surface area contributed by atoms with E-state index in [1.54, 1.807) is 0 Å². The predicted molar refractivity (Wildman–Crippen MR) is 65.7 cm³/mol. The van der Waals surface area contributed by atoms with Gasteiger partial charge in [-0.3, -0.25) is 0 Å². The van der Waals surface area contributed by atoms with Gasteiger partial charge in [0.05, 0.1) is 7.11 Å². The van der Waals surface area contributed by atoms with Crippen LogP contribution in [0.25, 0.3) is 0 Å². The van der Waals surface area contributed by atoms with Crippen LogP contribution in [0, 0.1) is 11.7 Å². The minimum absolute atomic E-state index is 0.346. The molecular formula is C13H18FNO3. The number of halogens is 1. The highest BCUT2D eigenvalue weighted by molar-refractivity contribution is 5.77. The van der Waals surface area contributed by atoms with Crippen molar-refractivity contribution in [3.63, 3.8) is 0 Å². The summed E-state index contributed by atoms with van der Waals surface area (Å²) in [6.45, 7) is 4.60. The van der Waals surface area contributed by atoms with Crippen LogP contribution >= 0.6 is 0 Å². The molecule has 2 N–H and O–H groups in total. The van der Waals surface area contributed by atoms with Crippen LogP contribution in [0.15, 0.2) is 18.2 Å². The fourth-order valence-electron chi connectivity index (χ4n) is 1.51. The molecule has 0 amide bonds. The van der Waals surface area contributed by atoms with Crippen LogP contribution in [-0.2, 0) is 9.53 Å². The SMILES string of the molecule is COC(=O)C(NCC(C)C)c1ccc(O)c(F)c1. The van der Waals surface area contributed by atoms with Crippen molar-refractivity contribution < 1.29 is 19.0 Å². The van der Waals surface area contributed by atoms with Gasteiger partial charge in [-0.1, -0.05) is 19.9 Å². The average Bonchev–Trinajstić information content (AvgIpc) is 2.33. The summed E-state index contributed by atoms with van der Waals surface area (Å²) < 4.78 is 18.0. The number of rotatable bonds is 5. The van der Waals surface area contributed by atoms with Gasteiger partial charge in [0.25, 0.3) is 0 Å². The third-order valence-electron chi connectivity index (χ3n) is 2.47. The average molecular weight is 255 g/mol. The lowest BCUT2D eigenvalue weighted by molar-refractivity contribution is -0.143. The molecule has 0 fully saturated rings. The number of methoxy groups -OCH3 is 1. The van der Waals surface area contributed by atoms with Gasteiger partial charge >= 0.3 is 5.97 Å². The zero-order valence-corrected chi connectivity index (χ0v) is 10.7. The Morgan fingerprint density at radius 3 is 2.67 bits per heavy atom. The Labute approximate surface area is 106 Å². The zero-order chi connectivity index (χ0) is 13.7. The number of carbonyl (C=O) groups excluding carboxylic acids is 1. The number of ether oxygens (including phenoxy) is 1. The van der Waals surface area contributed by atoms with Gasteiger partial charge in [0, 0.05) is 0 Å². The topological polar surface area (TPSA) is 58.6 Å². The lowest BCUT2D eigenvalue weighted by Crippen LogP contribution is -2.32. The predicted octanol–water partition coefficient (Wildman–Crippen LogP) is 1.99. The Bertz CT molecular complexity index is 421. The van der Waals surface area contributed by atoms with E-state index in [-0.39, 0.29) is 0 Å². The number of phenolic OH excluding ortho intramolecular Hbond substituents is 1. The molecular weight excluding hydrogens is 237 g/mol. The Hall–Kier alpha value is -1.62. The van der Waals surface area contributed by atoms with Crippen LogP contribution in [0.2, 0.25) is 0 Å². The first-order valence-electron chi connectivity index (χ1n) is 5.75. The highest BCUT2D eigenvalue weighted by atomic mass is 19.1. The molecule has 0 aromatic heterocycles. The molecule has 4 nitrogen and oxygen atoms in total. The lowest BCUT2D eigenvalue weighted by Gasteiger charge is -2.18. The van der Waals surface area contributed by atoms with E-state index in [9.17, 15) is 9.18 Å². The van der Waals surface area contributed by atoms with Crippen LogP contribution in [0.3, 0.4) is 0 Å². The van der Waals surface area contributed by atoms with Crippen LogP contribution in [0.5, 0.6) is 5.75 Å². The number of hydrogen-bond acceptors (Lipinski definition) is 4. The second-order valence-corrected chi connectivity index (χ2v) is 4.47. The van der Waals surface area contributed by atoms with Gasteiger partial charge in [-0.25, -0.2) is 9.18 Å². The summed E-state index contributed by atoms with van der Waals surface area (Å²) in [6, 6.07) is 3.11. The van der Waals surface area contributed by atoms with Crippen molar-refractivity contribution in [1.82, 2.24) is 5.32 Å². The number of aromatic hydroxyl groups is 1. The number of phenols is 1. The van der Waals surface area contributed by atoms with Crippen molar-refractivity contribution in [1.29, 1.82) is 0 Å². The normalized spacial score (nSPS) is 12.5. The molecule has 1 atom stereocenters. The summed E-state index contributed by atoms with van der Waals surface area (Å²) >= 11 is 0. The summed E-state index contributed by atoms with van der Waals surface area (Å²) in [5.41, 5.74) is 0.429. The first-order chi connectivity index (χ1) is 8.45. The van der Waals surface area contributed by atoms with Crippen molar-refractivity contribution in [2.75, 3.05) is 13.7 Å². The molecule has 0 radical (unpaired) electrons. The van der Waals surface area contributed by atoms with Crippen LogP contribution in [-0.4, -0.2) is 24.7 Å². The van der Waals surface area contributed by atoms with Crippen LogP contribution < -0.4 is 5.32 Å². The summed E-state index contributed by atoms with van der Waals surface area (Å²) in [5, 5.41) is 12.1. The van der Waals surface area contributed by atoms with Crippen LogP contribution in [0.4, 0.5) is 4.39 Å².